The maximum atomic E-state index is 12.7. The molecule has 1 amide bonds. The molecule has 0 saturated carbocycles. The fourth-order valence-corrected chi connectivity index (χ4v) is 3.34. The van der Waals surface area contributed by atoms with E-state index in [0.29, 0.717) is 42.8 Å². The quantitative estimate of drug-likeness (QED) is 0.400. The number of carbonyl (C=O) groups excluding carboxylic acids is 1. The summed E-state index contributed by atoms with van der Waals surface area (Å²) in [4.78, 5) is 37.5. The predicted octanol–water partition coefficient (Wildman–Crippen LogP) is 2.52. The maximum absolute atomic E-state index is 12.7. The number of amides is 1. The molecule has 0 spiro atoms. The summed E-state index contributed by atoms with van der Waals surface area (Å²) in [7, 11) is 0. The second kappa shape index (κ2) is 7.98. The summed E-state index contributed by atoms with van der Waals surface area (Å²) in [6, 6.07) is 8.66. The van der Waals surface area contributed by atoms with Crippen molar-refractivity contribution in [2.45, 2.75) is 6.42 Å². The maximum Gasteiger partial charge on any atom is 0.270 e. The van der Waals surface area contributed by atoms with Crippen molar-refractivity contribution in [1.29, 1.82) is 0 Å². The van der Waals surface area contributed by atoms with E-state index in [1.54, 1.807) is 18.2 Å². The van der Waals surface area contributed by atoms with Gasteiger partial charge < -0.3 is 14.5 Å². The first-order valence-corrected chi connectivity index (χ1v) is 9.26. The van der Waals surface area contributed by atoms with Gasteiger partial charge in [-0.15, -0.1) is 0 Å². The van der Waals surface area contributed by atoms with Gasteiger partial charge in [0.2, 0.25) is 11.3 Å². The Kier molecular flexibility index (Phi) is 5.24. The molecule has 0 radical (unpaired) electrons. The van der Waals surface area contributed by atoms with Crippen LogP contribution >= 0.6 is 0 Å². The Morgan fingerprint density at radius 3 is 2.66 bits per heavy atom. The number of nitro benzene ring substituents is 1. The third-order valence-electron chi connectivity index (χ3n) is 4.91. The molecule has 150 valence electrons. The standard InChI is InChI=1S/C20H19N3O6/c24-19(5-6-22-7-9-28-10-8-22)21-13-1-3-15-18(11-13)29-17-4-2-14(23(26)27)12-16(17)20(15)25/h1-4,11-12H,5-10H2,(H,21,24). The smallest absolute Gasteiger partial charge is 0.270 e. The van der Waals surface area contributed by atoms with Crippen LogP contribution in [0.3, 0.4) is 0 Å². The minimum Gasteiger partial charge on any atom is -0.456 e. The number of anilines is 1. The molecule has 3 aromatic rings. The molecular formula is C20H19N3O6. The van der Waals surface area contributed by atoms with Gasteiger partial charge in [0, 0.05) is 49.9 Å². The number of morpholine rings is 1. The average Bonchev–Trinajstić information content (AvgIpc) is 2.73. The lowest BCUT2D eigenvalue weighted by Gasteiger charge is -2.26. The molecule has 1 aromatic heterocycles. The molecule has 0 atom stereocenters. The van der Waals surface area contributed by atoms with Gasteiger partial charge in [-0.1, -0.05) is 0 Å². The van der Waals surface area contributed by atoms with Crippen LogP contribution in [0, 0.1) is 10.1 Å². The molecule has 9 nitrogen and oxygen atoms in total. The molecule has 0 unspecified atom stereocenters. The minimum atomic E-state index is -0.557. The molecule has 4 rings (SSSR count). The highest BCUT2D eigenvalue weighted by Crippen LogP contribution is 2.24. The summed E-state index contributed by atoms with van der Waals surface area (Å²) in [5.74, 6) is -0.130. The van der Waals surface area contributed by atoms with Crippen LogP contribution in [0.15, 0.2) is 45.6 Å². The van der Waals surface area contributed by atoms with Crippen LogP contribution in [0.1, 0.15) is 6.42 Å². The van der Waals surface area contributed by atoms with Crippen molar-refractivity contribution in [3.8, 4) is 0 Å². The van der Waals surface area contributed by atoms with Gasteiger partial charge in [0.15, 0.2) is 0 Å². The van der Waals surface area contributed by atoms with Crippen LogP contribution in [-0.4, -0.2) is 48.6 Å². The van der Waals surface area contributed by atoms with E-state index in [4.69, 9.17) is 9.15 Å². The van der Waals surface area contributed by atoms with Crippen molar-refractivity contribution < 1.29 is 18.9 Å². The zero-order valence-corrected chi connectivity index (χ0v) is 15.6. The highest BCUT2D eigenvalue weighted by atomic mass is 16.6. The summed E-state index contributed by atoms with van der Waals surface area (Å²) < 4.78 is 11.0. The number of nitrogens with one attached hydrogen (secondary N) is 1. The van der Waals surface area contributed by atoms with Crippen LogP contribution in [0.25, 0.3) is 21.9 Å². The Bertz CT molecular complexity index is 1150. The van der Waals surface area contributed by atoms with Gasteiger partial charge in [0.1, 0.15) is 11.2 Å². The van der Waals surface area contributed by atoms with Gasteiger partial charge in [0.25, 0.3) is 5.69 Å². The first-order valence-electron chi connectivity index (χ1n) is 9.26. The fourth-order valence-electron chi connectivity index (χ4n) is 3.34. The van der Waals surface area contributed by atoms with E-state index in [-0.39, 0.29) is 28.0 Å². The number of rotatable bonds is 5. The number of fused-ring (bicyclic) bond motifs is 2. The summed E-state index contributed by atoms with van der Waals surface area (Å²) in [6.45, 7) is 3.66. The largest absolute Gasteiger partial charge is 0.456 e. The van der Waals surface area contributed by atoms with E-state index < -0.39 is 4.92 Å². The lowest BCUT2D eigenvalue weighted by molar-refractivity contribution is -0.384. The van der Waals surface area contributed by atoms with E-state index in [1.165, 1.54) is 18.2 Å². The Morgan fingerprint density at radius 1 is 1.10 bits per heavy atom. The summed E-state index contributed by atoms with van der Waals surface area (Å²) >= 11 is 0. The Labute approximate surface area is 165 Å². The van der Waals surface area contributed by atoms with E-state index in [0.717, 1.165) is 13.1 Å². The van der Waals surface area contributed by atoms with Crippen LogP contribution in [0.5, 0.6) is 0 Å². The normalized spacial score (nSPS) is 14.9. The zero-order valence-electron chi connectivity index (χ0n) is 15.6. The number of hydrogen-bond donors (Lipinski definition) is 1. The van der Waals surface area contributed by atoms with E-state index in [2.05, 4.69) is 10.2 Å². The SMILES string of the molecule is O=C(CCN1CCOCC1)Nc1ccc2c(=O)c3cc([N+](=O)[O-])ccc3oc2c1. The zero-order chi connectivity index (χ0) is 20.4. The Morgan fingerprint density at radius 2 is 1.90 bits per heavy atom. The molecule has 2 heterocycles. The highest BCUT2D eigenvalue weighted by molar-refractivity contribution is 5.95. The summed E-state index contributed by atoms with van der Waals surface area (Å²) in [5.41, 5.74) is 0.559. The molecule has 1 saturated heterocycles. The van der Waals surface area contributed by atoms with E-state index >= 15 is 0 Å². The molecule has 9 heteroatoms. The fraction of sp³-hybridized carbons (Fsp3) is 0.300. The molecule has 0 aliphatic carbocycles. The van der Waals surface area contributed by atoms with Gasteiger partial charge in [-0.05, 0) is 18.2 Å². The molecule has 1 aliphatic heterocycles. The Balaban J connectivity index is 1.54. The average molecular weight is 397 g/mol. The number of non-ortho nitro benzene ring substituents is 1. The highest BCUT2D eigenvalue weighted by Gasteiger charge is 2.15. The molecule has 1 fully saturated rings. The minimum absolute atomic E-state index is 0.130. The van der Waals surface area contributed by atoms with Crippen LogP contribution in [0.2, 0.25) is 0 Å². The molecule has 1 N–H and O–H groups in total. The lowest BCUT2D eigenvalue weighted by Crippen LogP contribution is -2.38. The summed E-state index contributed by atoms with van der Waals surface area (Å²) in [6.07, 6.45) is 0.351. The van der Waals surface area contributed by atoms with Gasteiger partial charge in [-0.2, -0.15) is 0 Å². The second-order valence-corrected chi connectivity index (χ2v) is 6.83. The van der Waals surface area contributed by atoms with Gasteiger partial charge in [0.05, 0.1) is 28.9 Å². The second-order valence-electron chi connectivity index (χ2n) is 6.83. The number of carbonyl (C=O) groups is 1. The van der Waals surface area contributed by atoms with Crippen molar-refractivity contribution >= 4 is 39.2 Å². The van der Waals surface area contributed by atoms with Gasteiger partial charge >= 0.3 is 0 Å². The molecule has 29 heavy (non-hydrogen) atoms. The van der Waals surface area contributed by atoms with Crippen LogP contribution in [-0.2, 0) is 9.53 Å². The first-order chi connectivity index (χ1) is 14.0. The van der Waals surface area contributed by atoms with Crippen molar-refractivity contribution in [2.75, 3.05) is 38.2 Å². The van der Waals surface area contributed by atoms with E-state index in [9.17, 15) is 19.7 Å². The van der Waals surface area contributed by atoms with E-state index in [1.807, 2.05) is 0 Å². The lowest BCUT2D eigenvalue weighted by atomic mass is 10.1. The third-order valence-corrected chi connectivity index (χ3v) is 4.91. The molecule has 1 aliphatic rings. The summed E-state index contributed by atoms with van der Waals surface area (Å²) in [5, 5.41) is 14.2. The monoisotopic (exact) mass is 397 g/mol. The van der Waals surface area contributed by atoms with Crippen LogP contribution in [0.4, 0.5) is 11.4 Å². The van der Waals surface area contributed by atoms with Crippen molar-refractivity contribution in [3.63, 3.8) is 0 Å². The third kappa shape index (κ3) is 4.10. The molecular weight excluding hydrogens is 378 g/mol. The number of ether oxygens (including phenoxy) is 1. The first kappa shape index (κ1) is 19.0. The van der Waals surface area contributed by atoms with Gasteiger partial charge in [-0.25, -0.2) is 0 Å². The molecule has 2 aromatic carbocycles. The van der Waals surface area contributed by atoms with Gasteiger partial charge in [-0.3, -0.25) is 24.6 Å². The predicted molar refractivity (Wildman–Crippen MR) is 107 cm³/mol. The van der Waals surface area contributed by atoms with Crippen molar-refractivity contribution in [2.24, 2.45) is 0 Å². The topological polar surface area (TPSA) is 115 Å². The molecule has 0 bridgehead atoms. The Hall–Kier alpha value is -3.30. The number of benzene rings is 2. The number of nitrogens with zero attached hydrogens (tertiary/aromatic N) is 2. The number of hydrogen-bond acceptors (Lipinski definition) is 7. The van der Waals surface area contributed by atoms with Crippen LogP contribution < -0.4 is 10.7 Å². The number of nitro groups is 1. The van der Waals surface area contributed by atoms with Crippen molar-refractivity contribution in [3.05, 3.63) is 56.7 Å². The van der Waals surface area contributed by atoms with Crippen molar-refractivity contribution in [1.82, 2.24) is 4.90 Å².